The largest absolute Gasteiger partial charge is 0.508 e. The number of phenolic OH excluding ortho intramolecular Hbond substituents is 1. The molecule has 0 aliphatic carbocycles. The van der Waals surface area contributed by atoms with Gasteiger partial charge in [0.05, 0.1) is 18.9 Å². The van der Waals surface area contributed by atoms with Crippen LogP contribution in [0.5, 0.6) is 17.2 Å². The van der Waals surface area contributed by atoms with Gasteiger partial charge in [-0.2, -0.15) is 0 Å². The number of phenols is 1. The molecular weight excluding hydrogens is 360 g/mol. The van der Waals surface area contributed by atoms with Crippen molar-refractivity contribution in [2.45, 2.75) is 31.9 Å². The molecule has 0 saturated heterocycles. The maximum atomic E-state index is 11.5. The van der Waals surface area contributed by atoms with Gasteiger partial charge in [-0.1, -0.05) is 12.1 Å². The van der Waals surface area contributed by atoms with E-state index in [0.29, 0.717) is 17.0 Å². The number of amides is 1. The van der Waals surface area contributed by atoms with Crippen molar-refractivity contribution in [1.29, 1.82) is 0 Å². The van der Waals surface area contributed by atoms with Crippen LogP contribution < -0.4 is 20.1 Å². The number of benzene rings is 2. The summed E-state index contributed by atoms with van der Waals surface area (Å²) in [5, 5.41) is 26.6. The molecule has 3 rings (SSSR count). The summed E-state index contributed by atoms with van der Waals surface area (Å²) in [6, 6.07) is 10.7. The fourth-order valence-electron chi connectivity index (χ4n) is 3.26. The second-order valence-corrected chi connectivity index (χ2v) is 7.55. The Hall–Kier alpha value is -2.77. The van der Waals surface area contributed by atoms with E-state index >= 15 is 0 Å². The van der Waals surface area contributed by atoms with Gasteiger partial charge in [-0.05, 0) is 44.0 Å². The lowest BCUT2D eigenvalue weighted by Crippen LogP contribution is -2.43. The smallest absolute Gasteiger partial charge is 0.262 e. The first-order valence-electron chi connectivity index (χ1n) is 9.13. The molecule has 2 aromatic rings. The van der Waals surface area contributed by atoms with Crippen LogP contribution in [0.25, 0.3) is 0 Å². The highest BCUT2D eigenvalue weighted by molar-refractivity contribution is 5.96. The van der Waals surface area contributed by atoms with E-state index in [1.165, 1.54) is 12.1 Å². The molecule has 1 aliphatic heterocycles. The zero-order valence-corrected chi connectivity index (χ0v) is 16.3. The van der Waals surface area contributed by atoms with E-state index < -0.39 is 6.10 Å². The lowest BCUT2D eigenvalue weighted by atomic mass is 9.94. The number of carbonyl (C=O) groups excluding carboxylic acids is 1. The number of hydrogen-bond donors (Lipinski definition) is 4. The second kappa shape index (κ2) is 8.08. The van der Waals surface area contributed by atoms with E-state index in [9.17, 15) is 15.0 Å². The summed E-state index contributed by atoms with van der Waals surface area (Å²) in [6.07, 6.45) is -0.153. The Bertz CT molecular complexity index is 849. The quantitative estimate of drug-likeness (QED) is 0.583. The molecule has 1 heterocycles. The monoisotopic (exact) mass is 386 g/mol. The maximum absolute atomic E-state index is 11.5. The van der Waals surface area contributed by atoms with Crippen molar-refractivity contribution in [2.75, 3.05) is 25.6 Å². The number of aliphatic hydroxyl groups is 1. The molecule has 0 spiro atoms. The first kappa shape index (κ1) is 20.0. The van der Waals surface area contributed by atoms with Crippen LogP contribution >= 0.6 is 0 Å². The Kier molecular flexibility index (Phi) is 5.76. The molecule has 7 nitrogen and oxygen atoms in total. The maximum Gasteiger partial charge on any atom is 0.262 e. The zero-order valence-electron chi connectivity index (χ0n) is 16.3. The van der Waals surface area contributed by atoms with Crippen molar-refractivity contribution >= 4 is 11.6 Å². The number of aromatic hydroxyl groups is 1. The molecule has 0 radical (unpaired) electrons. The van der Waals surface area contributed by atoms with Gasteiger partial charge in [0, 0.05) is 23.7 Å². The molecule has 150 valence electrons. The SMILES string of the molecule is COc1ccc(CC(C)(C)NCC(O)c2cc(O)cc3c2OCC(=O)N3)cc1. The topological polar surface area (TPSA) is 100 Å². The number of aliphatic hydroxyl groups excluding tert-OH is 1. The molecule has 0 bridgehead atoms. The fraction of sp³-hybridized carbons (Fsp3) is 0.381. The highest BCUT2D eigenvalue weighted by atomic mass is 16.5. The second-order valence-electron chi connectivity index (χ2n) is 7.55. The summed E-state index contributed by atoms with van der Waals surface area (Å²) in [5.41, 5.74) is 1.67. The highest BCUT2D eigenvalue weighted by Crippen LogP contribution is 2.38. The number of nitrogens with one attached hydrogen (secondary N) is 2. The van der Waals surface area contributed by atoms with Gasteiger partial charge >= 0.3 is 0 Å². The van der Waals surface area contributed by atoms with Crippen molar-refractivity contribution < 1.29 is 24.5 Å². The van der Waals surface area contributed by atoms with Crippen LogP contribution in [-0.2, 0) is 11.2 Å². The Morgan fingerprint density at radius 2 is 2.00 bits per heavy atom. The number of anilines is 1. The van der Waals surface area contributed by atoms with E-state index in [0.717, 1.165) is 17.7 Å². The zero-order chi connectivity index (χ0) is 20.3. The van der Waals surface area contributed by atoms with Crippen LogP contribution in [0, 0.1) is 0 Å². The van der Waals surface area contributed by atoms with Gasteiger partial charge < -0.3 is 30.3 Å². The van der Waals surface area contributed by atoms with E-state index in [1.807, 2.05) is 24.3 Å². The standard InChI is InChI=1S/C21H26N2O5/c1-21(2,10-13-4-6-15(27-3)7-5-13)22-11-18(25)16-8-14(24)9-17-20(16)28-12-19(26)23-17/h4-9,18,22,24-25H,10-12H2,1-3H3,(H,23,26). The number of fused-ring (bicyclic) bond motifs is 1. The van der Waals surface area contributed by atoms with Gasteiger partial charge in [0.2, 0.25) is 0 Å². The van der Waals surface area contributed by atoms with Crippen LogP contribution in [0.15, 0.2) is 36.4 Å². The Labute approximate surface area is 164 Å². The van der Waals surface area contributed by atoms with E-state index in [2.05, 4.69) is 24.5 Å². The summed E-state index contributed by atoms with van der Waals surface area (Å²) >= 11 is 0. The average Bonchev–Trinajstić information content (AvgIpc) is 2.65. The lowest BCUT2D eigenvalue weighted by Gasteiger charge is -2.29. The number of β-amino-alcohol motifs (C(OH)–C–C–N with tert-alkyl or cyclic N) is 1. The number of ether oxygens (including phenoxy) is 2. The van der Waals surface area contributed by atoms with Gasteiger partial charge in [-0.3, -0.25) is 4.79 Å². The molecule has 4 N–H and O–H groups in total. The minimum Gasteiger partial charge on any atom is -0.508 e. The molecule has 0 saturated carbocycles. The predicted octanol–water partition coefficient (Wildman–Crippen LogP) is 2.38. The first-order chi connectivity index (χ1) is 13.3. The Morgan fingerprint density at radius 1 is 1.29 bits per heavy atom. The molecule has 2 aromatic carbocycles. The van der Waals surface area contributed by atoms with Crippen LogP contribution in [-0.4, -0.2) is 41.9 Å². The summed E-state index contributed by atoms with van der Waals surface area (Å²) in [6.45, 7) is 4.25. The van der Waals surface area contributed by atoms with E-state index in [-0.39, 0.29) is 30.3 Å². The molecular formula is C21H26N2O5. The lowest BCUT2D eigenvalue weighted by molar-refractivity contribution is -0.118. The van der Waals surface area contributed by atoms with Crippen LogP contribution in [0.1, 0.15) is 31.1 Å². The number of methoxy groups -OCH3 is 1. The van der Waals surface area contributed by atoms with Crippen LogP contribution in [0.4, 0.5) is 5.69 Å². The van der Waals surface area contributed by atoms with E-state index in [4.69, 9.17) is 9.47 Å². The Morgan fingerprint density at radius 3 is 2.68 bits per heavy atom. The van der Waals surface area contributed by atoms with Crippen LogP contribution in [0.2, 0.25) is 0 Å². The third-order valence-electron chi connectivity index (χ3n) is 4.66. The molecule has 1 atom stereocenters. The van der Waals surface area contributed by atoms with Crippen molar-refractivity contribution in [3.05, 3.63) is 47.5 Å². The molecule has 1 unspecified atom stereocenters. The third-order valence-corrected chi connectivity index (χ3v) is 4.66. The fourth-order valence-corrected chi connectivity index (χ4v) is 3.26. The molecule has 1 amide bonds. The van der Waals surface area contributed by atoms with Gasteiger partial charge in [-0.15, -0.1) is 0 Å². The van der Waals surface area contributed by atoms with Gasteiger partial charge in [0.25, 0.3) is 5.91 Å². The minimum atomic E-state index is -0.911. The molecule has 28 heavy (non-hydrogen) atoms. The highest BCUT2D eigenvalue weighted by Gasteiger charge is 2.26. The summed E-state index contributed by atoms with van der Waals surface area (Å²) < 4.78 is 10.7. The Balaban J connectivity index is 1.67. The third kappa shape index (κ3) is 4.74. The van der Waals surface area contributed by atoms with E-state index in [1.54, 1.807) is 7.11 Å². The first-order valence-corrected chi connectivity index (χ1v) is 9.13. The summed E-state index contributed by atoms with van der Waals surface area (Å²) in [7, 11) is 1.64. The number of hydrogen-bond acceptors (Lipinski definition) is 6. The summed E-state index contributed by atoms with van der Waals surface area (Å²) in [4.78, 5) is 11.5. The van der Waals surface area contributed by atoms with Gasteiger partial charge in [0.15, 0.2) is 6.61 Å². The average molecular weight is 386 g/mol. The van der Waals surface area contributed by atoms with Crippen molar-refractivity contribution in [2.24, 2.45) is 0 Å². The number of carbonyl (C=O) groups is 1. The summed E-state index contributed by atoms with van der Waals surface area (Å²) in [5.74, 6) is 0.860. The predicted molar refractivity (Wildman–Crippen MR) is 106 cm³/mol. The molecule has 7 heteroatoms. The van der Waals surface area contributed by atoms with Gasteiger partial charge in [0.1, 0.15) is 17.2 Å². The van der Waals surface area contributed by atoms with Crippen molar-refractivity contribution in [3.8, 4) is 17.2 Å². The number of rotatable bonds is 7. The molecule has 0 aromatic heterocycles. The van der Waals surface area contributed by atoms with Crippen molar-refractivity contribution in [3.63, 3.8) is 0 Å². The minimum absolute atomic E-state index is 0.0453. The molecule has 0 fully saturated rings. The van der Waals surface area contributed by atoms with Gasteiger partial charge in [-0.25, -0.2) is 0 Å². The normalized spacial score (nSPS) is 14.6. The molecule has 1 aliphatic rings. The van der Waals surface area contributed by atoms with Crippen LogP contribution in [0.3, 0.4) is 0 Å². The van der Waals surface area contributed by atoms with Crippen molar-refractivity contribution in [1.82, 2.24) is 5.32 Å².